The third-order valence-electron chi connectivity index (χ3n) is 8.37. The summed E-state index contributed by atoms with van der Waals surface area (Å²) in [6.07, 6.45) is 35.3. The summed E-state index contributed by atoms with van der Waals surface area (Å²) < 4.78 is 26.2. The van der Waals surface area contributed by atoms with Crippen LogP contribution < -0.4 is 0 Å². The summed E-state index contributed by atoms with van der Waals surface area (Å²) >= 11 is 0. The highest BCUT2D eigenvalue weighted by molar-refractivity contribution is 7.46. The van der Waals surface area contributed by atoms with Gasteiger partial charge in [-0.1, -0.05) is 147 Å². The summed E-state index contributed by atoms with van der Waals surface area (Å²) in [7, 11) is -4.78. The lowest BCUT2D eigenvalue weighted by atomic mass is 9.99. The lowest BCUT2D eigenvalue weighted by molar-refractivity contribution is -0.161. The van der Waals surface area contributed by atoms with E-state index >= 15 is 0 Å². The number of phosphoric acid groups is 1. The maximum Gasteiger partial charge on any atom is 0.469 e. The van der Waals surface area contributed by atoms with Gasteiger partial charge in [-0.25, -0.2) is 4.57 Å². The number of ether oxygens (including phenoxy) is 2. The molecule has 0 radical (unpaired) electrons. The summed E-state index contributed by atoms with van der Waals surface area (Å²) in [6, 6.07) is 0. The Bertz CT molecular complexity index is 1030. The standard InChI is InChI=1S/C40H69O9P/c1-4-6-24-30-37(41)31-26-21-17-13-8-7-9-14-18-22-27-32-39(42)47-34-38(35-48-50(44,45)46)49-40(43)33-28-23-19-15-11-10-12-16-20-25-29-36(3)5-2/h7-8,14,17-18,21,26,31,36,38H,4-6,9-13,15-16,19-20,22-25,27-30,32-35H2,1-3H3,(H2,44,45,46)/b8-7-,18-14-,21-17-,31-26+/t36?,38-/m1/s1. The van der Waals surface area contributed by atoms with Crippen molar-refractivity contribution < 1.29 is 42.7 Å². The van der Waals surface area contributed by atoms with Crippen LogP contribution in [-0.2, 0) is 32.9 Å². The second kappa shape index (κ2) is 33.8. The molecule has 0 aliphatic carbocycles. The molecule has 0 bridgehead atoms. The highest BCUT2D eigenvalue weighted by Gasteiger charge is 2.22. The van der Waals surface area contributed by atoms with Crippen LogP contribution in [0.15, 0.2) is 48.6 Å². The highest BCUT2D eigenvalue weighted by atomic mass is 31.2. The molecule has 0 heterocycles. The fourth-order valence-electron chi connectivity index (χ4n) is 5.06. The molecular formula is C40H69O9P. The first-order chi connectivity index (χ1) is 24.1. The first-order valence-electron chi connectivity index (χ1n) is 19.3. The van der Waals surface area contributed by atoms with Crippen LogP contribution in [0.2, 0.25) is 0 Å². The zero-order valence-corrected chi connectivity index (χ0v) is 32.3. The zero-order chi connectivity index (χ0) is 37.1. The van der Waals surface area contributed by atoms with Crippen molar-refractivity contribution in [2.45, 2.75) is 168 Å². The van der Waals surface area contributed by atoms with Crippen LogP contribution in [0.1, 0.15) is 162 Å². The largest absolute Gasteiger partial charge is 0.469 e. The van der Waals surface area contributed by atoms with Crippen molar-refractivity contribution in [2.24, 2.45) is 5.92 Å². The van der Waals surface area contributed by atoms with Crippen molar-refractivity contribution in [3.8, 4) is 0 Å². The van der Waals surface area contributed by atoms with Gasteiger partial charge in [0.05, 0.1) is 6.61 Å². The third-order valence-corrected chi connectivity index (χ3v) is 8.85. The number of carbonyl (C=O) groups excluding carboxylic acids is 3. The van der Waals surface area contributed by atoms with Crippen molar-refractivity contribution in [1.29, 1.82) is 0 Å². The Balaban J connectivity index is 4.12. The lowest BCUT2D eigenvalue weighted by Crippen LogP contribution is -2.29. The SMILES string of the molecule is CCCCCC(=O)/C=C/C=C\C/C=C\C/C=C\CCCC(=O)OC[C@H](COP(=O)(O)O)OC(=O)CCCCCCCCCCCCC(C)CC. The number of unbranched alkanes of at least 4 members (excludes halogenated alkanes) is 12. The Kier molecular flexibility index (Phi) is 32.2. The second-order valence-electron chi connectivity index (χ2n) is 13.2. The van der Waals surface area contributed by atoms with Gasteiger partial charge in [-0.3, -0.25) is 18.9 Å². The van der Waals surface area contributed by atoms with E-state index in [-0.39, 0.29) is 25.2 Å². The van der Waals surface area contributed by atoms with Gasteiger partial charge in [-0.15, -0.1) is 0 Å². The van der Waals surface area contributed by atoms with Crippen LogP contribution in [0, 0.1) is 5.92 Å². The van der Waals surface area contributed by atoms with Gasteiger partial charge in [-0.2, -0.15) is 0 Å². The number of hydrogen-bond acceptors (Lipinski definition) is 7. The molecule has 0 saturated heterocycles. The fraction of sp³-hybridized carbons (Fsp3) is 0.725. The van der Waals surface area contributed by atoms with Gasteiger partial charge in [0.1, 0.15) is 6.61 Å². The van der Waals surface area contributed by atoms with E-state index in [1.807, 2.05) is 30.4 Å². The number of phosphoric ester groups is 1. The fourth-order valence-corrected chi connectivity index (χ4v) is 5.42. The average molecular weight is 725 g/mol. The van der Waals surface area contributed by atoms with Gasteiger partial charge < -0.3 is 19.3 Å². The van der Waals surface area contributed by atoms with Crippen LogP contribution in [0.3, 0.4) is 0 Å². The molecule has 9 nitrogen and oxygen atoms in total. The number of allylic oxidation sites excluding steroid dienone is 8. The highest BCUT2D eigenvalue weighted by Crippen LogP contribution is 2.36. The maximum absolute atomic E-state index is 12.4. The van der Waals surface area contributed by atoms with E-state index in [2.05, 4.69) is 31.4 Å². The molecule has 0 spiro atoms. The van der Waals surface area contributed by atoms with Crippen molar-refractivity contribution >= 4 is 25.5 Å². The topological polar surface area (TPSA) is 136 Å². The first kappa shape index (κ1) is 47.7. The number of esters is 2. The zero-order valence-electron chi connectivity index (χ0n) is 31.4. The van der Waals surface area contributed by atoms with E-state index in [1.165, 1.54) is 51.4 Å². The molecule has 2 atom stereocenters. The molecule has 2 N–H and O–H groups in total. The van der Waals surface area contributed by atoms with Crippen LogP contribution in [0.5, 0.6) is 0 Å². The minimum atomic E-state index is -4.78. The van der Waals surface area contributed by atoms with E-state index in [0.29, 0.717) is 25.7 Å². The molecule has 0 saturated carbocycles. The van der Waals surface area contributed by atoms with Gasteiger partial charge in [0, 0.05) is 19.3 Å². The van der Waals surface area contributed by atoms with E-state index in [9.17, 15) is 18.9 Å². The van der Waals surface area contributed by atoms with Crippen LogP contribution >= 0.6 is 7.82 Å². The van der Waals surface area contributed by atoms with E-state index in [0.717, 1.165) is 57.3 Å². The molecule has 288 valence electrons. The Labute approximate surface area is 303 Å². The molecule has 1 unspecified atom stereocenters. The molecule has 10 heteroatoms. The summed E-state index contributed by atoms with van der Waals surface area (Å²) in [5, 5.41) is 0. The quantitative estimate of drug-likeness (QED) is 0.0166. The monoisotopic (exact) mass is 724 g/mol. The Hall–Kier alpha value is -2.32. The van der Waals surface area contributed by atoms with E-state index in [4.69, 9.17) is 19.3 Å². The number of rotatable bonds is 34. The number of carbonyl (C=O) groups is 3. The van der Waals surface area contributed by atoms with Crippen LogP contribution in [0.4, 0.5) is 0 Å². The van der Waals surface area contributed by atoms with Gasteiger partial charge in [0.15, 0.2) is 11.9 Å². The summed E-state index contributed by atoms with van der Waals surface area (Å²) in [6.45, 7) is 5.80. The van der Waals surface area contributed by atoms with Crippen molar-refractivity contribution in [3.63, 3.8) is 0 Å². The van der Waals surface area contributed by atoms with Crippen molar-refractivity contribution in [2.75, 3.05) is 13.2 Å². The average Bonchev–Trinajstić information content (AvgIpc) is 3.08. The van der Waals surface area contributed by atoms with Gasteiger partial charge >= 0.3 is 19.8 Å². The van der Waals surface area contributed by atoms with Crippen LogP contribution in [0.25, 0.3) is 0 Å². The molecular weight excluding hydrogens is 655 g/mol. The summed E-state index contributed by atoms with van der Waals surface area (Å²) in [5.41, 5.74) is 0. The molecule has 0 aromatic rings. The molecule has 0 rings (SSSR count). The summed E-state index contributed by atoms with van der Waals surface area (Å²) in [4.78, 5) is 54.4. The van der Waals surface area contributed by atoms with Crippen molar-refractivity contribution in [3.05, 3.63) is 48.6 Å². The minimum absolute atomic E-state index is 0.165. The number of hydrogen-bond donors (Lipinski definition) is 2. The van der Waals surface area contributed by atoms with Gasteiger partial charge in [0.2, 0.25) is 0 Å². The van der Waals surface area contributed by atoms with E-state index in [1.54, 1.807) is 12.2 Å². The smallest absolute Gasteiger partial charge is 0.462 e. The molecule has 50 heavy (non-hydrogen) atoms. The Morgan fingerprint density at radius 1 is 0.660 bits per heavy atom. The Morgan fingerprint density at radius 3 is 1.88 bits per heavy atom. The molecule has 0 aromatic heterocycles. The minimum Gasteiger partial charge on any atom is -0.462 e. The predicted octanol–water partition coefficient (Wildman–Crippen LogP) is 10.6. The Morgan fingerprint density at radius 2 is 1.24 bits per heavy atom. The molecule has 0 fully saturated rings. The van der Waals surface area contributed by atoms with Crippen molar-refractivity contribution in [1.82, 2.24) is 0 Å². The normalized spacial score (nSPS) is 13.5. The molecule has 0 amide bonds. The summed E-state index contributed by atoms with van der Waals surface area (Å²) in [5.74, 6) is 0.0187. The molecule has 0 aliphatic heterocycles. The van der Waals surface area contributed by atoms with Gasteiger partial charge in [0.25, 0.3) is 0 Å². The van der Waals surface area contributed by atoms with E-state index < -0.39 is 32.5 Å². The van der Waals surface area contributed by atoms with Crippen LogP contribution in [-0.4, -0.2) is 46.8 Å². The predicted molar refractivity (Wildman–Crippen MR) is 202 cm³/mol. The maximum atomic E-state index is 12.4. The number of ketones is 1. The second-order valence-corrected chi connectivity index (χ2v) is 14.4. The third kappa shape index (κ3) is 35.5. The molecule has 0 aliphatic rings. The lowest BCUT2D eigenvalue weighted by Gasteiger charge is -2.18. The first-order valence-corrected chi connectivity index (χ1v) is 20.8. The van der Waals surface area contributed by atoms with Gasteiger partial charge in [-0.05, 0) is 50.5 Å². The molecule has 0 aromatic carbocycles.